The summed E-state index contributed by atoms with van der Waals surface area (Å²) in [6, 6.07) is 16.0. The quantitative estimate of drug-likeness (QED) is 0.637. The van der Waals surface area contributed by atoms with Crippen LogP contribution in [0.5, 0.6) is 0 Å². The highest BCUT2D eigenvalue weighted by molar-refractivity contribution is 5.95. The van der Waals surface area contributed by atoms with Gasteiger partial charge in [0, 0.05) is 29.1 Å². The molecule has 5 nitrogen and oxygen atoms in total. The molecule has 0 atom stereocenters. The Kier molecular flexibility index (Phi) is 5.35. The fourth-order valence-corrected chi connectivity index (χ4v) is 3.72. The van der Waals surface area contributed by atoms with E-state index < -0.39 is 0 Å². The molecule has 1 aliphatic rings. The van der Waals surface area contributed by atoms with Gasteiger partial charge in [-0.2, -0.15) is 0 Å². The molecule has 4 rings (SSSR count). The zero-order chi connectivity index (χ0) is 19.3. The number of carbonyl (C=O) groups excluding carboxylic acids is 1. The monoisotopic (exact) mass is 372 g/mol. The van der Waals surface area contributed by atoms with Crippen molar-refractivity contribution in [3.8, 4) is 11.3 Å². The van der Waals surface area contributed by atoms with E-state index in [0.29, 0.717) is 11.5 Å². The predicted octanol–water partition coefficient (Wildman–Crippen LogP) is 3.81. The Balaban J connectivity index is 1.64. The number of piperidine rings is 1. The van der Waals surface area contributed by atoms with Gasteiger partial charge in [0.15, 0.2) is 0 Å². The molecule has 3 heterocycles. The average Bonchev–Trinajstić information content (AvgIpc) is 3.20. The van der Waals surface area contributed by atoms with E-state index in [-0.39, 0.29) is 5.91 Å². The van der Waals surface area contributed by atoms with Crippen molar-refractivity contribution in [1.82, 2.24) is 15.3 Å². The van der Waals surface area contributed by atoms with Crippen LogP contribution in [-0.2, 0) is 0 Å². The molecule has 2 aromatic heterocycles. The van der Waals surface area contributed by atoms with Crippen molar-refractivity contribution >= 4 is 18.1 Å². The third kappa shape index (κ3) is 4.05. The zero-order valence-electron chi connectivity index (χ0n) is 15.7. The maximum Gasteiger partial charge on any atom is 0.250 e. The number of carbonyl (C=O) groups is 1. The molecule has 0 aliphatic carbocycles. The maximum atomic E-state index is 12.0. The molecule has 0 radical (unpaired) electrons. The van der Waals surface area contributed by atoms with Crippen LogP contribution in [0, 0.1) is 0 Å². The first kappa shape index (κ1) is 18.2. The van der Waals surface area contributed by atoms with Crippen LogP contribution in [0.25, 0.3) is 23.4 Å². The Bertz CT molecular complexity index is 985. The number of benzene rings is 1. The van der Waals surface area contributed by atoms with E-state index in [9.17, 15) is 4.79 Å². The second kappa shape index (κ2) is 8.23. The number of H-pyrrole nitrogens is 1. The first-order chi connectivity index (χ1) is 13.7. The first-order valence-corrected chi connectivity index (χ1v) is 9.63. The third-order valence-electron chi connectivity index (χ3n) is 5.20. The van der Waals surface area contributed by atoms with Gasteiger partial charge in [-0.1, -0.05) is 36.4 Å². The number of amides is 1. The SMILES string of the molecule is NC(=O)c1cc(-c2ccnc(C=Cc3ccccc3)c2)[nH]c1C1CCNCC1. The lowest BCUT2D eigenvalue weighted by atomic mass is 9.92. The molecule has 1 fully saturated rings. The van der Waals surface area contributed by atoms with E-state index in [2.05, 4.69) is 27.4 Å². The van der Waals surface area contributed by atoms with Gasteiger partial charge < -0.3 is 16.0 Å². The van der Waals surface area contributed by atoms with Crippen LogP contribution in [0.1, 0.15) is 46.1 Å². The largest absolute Gasteiger partial charge is 0.366 e. The lowest BCUT2D eigenvalue weighted by Crippen LogP contribution is -2.28. The second-order valence-electron chi connectivity index (χ2n) is 7.11. The highest BCUT2D eigenvalue weighted by Crippen LogP contribution is 2.31. The minimum atomic E-state index is -0.380. The molecule has 1 saturated heterocycles. The molecule has 28 heavy (non-hydrogen) atoms. The van der Waals surface area contributed by atoms with Gasteiger partial charge in [0.2, 0.25) is 0 Å². The summed E-state index contributed by atoms with van der Waals surface area (Å²) >= 11 is 0. The minimum Gasteiger partial charge on any atom is -0.366 e. The number of hydrogen-bond acceptors (Lipinski definition) is 3. The normalized spacial score (nSPS) is 15.1. The van der Waals surface area contributed by atoms with Gasteiger partial charge in [0.25, 0.3) is 5.91 Å². The predicted molar refractivity (Wildman–Crippen MR) is 113 cm³/mol. The lowest BCUT2D eigenvalue weighted by molar-refractivity contribution is 0.0999. The van der Waals surface area contributed by atoms with Crippen LogP contribution in [0.4, 0.5) is 0 Å². The van der Waals surface area contributed by atoms with Crippen LogP contribution < -0.4 is 11.1 Å². The van der Waals surface area contributed by atoms with Gasteiger partial charge in [-0.3, -0.25) is 9.78 Å². The molecule has 5 heteroatoms. The Morgan fingerprint density at radius 2 is 1.86 bits per heavy atom. The topological polar surface area (TPSA) is 83.8 Å². The van der Waals surface area contributed by atoms with Gasteiger partial charge in [-0.15, -0.1) is 0 Å². The van der Waals surface area contributed by atoms with E-state index in [1.54, 1.807) is 6.20 Å². The number of nitrogens with two attached hydrogens (primary N) is 1. The summed E-state index contributed by atoms with van der Waals surface area (Å²) < 4.78 is 0. The average molecular weight is 372 g/mol. The van der Waals surface area contributed by atoms with Gasteiger partial charge in [-0.25, -0.2) is 0 Å². The first-order valence-electron chi connectivity index (χ1n) is 9.63. The standard InChI is InChI=1S/C23H24N4O/c24-23(28)20-15-21(27-22(20)17-8-11-25-12-9-17)18-10-13-26-19(14-18)7-6-16-4-2-1-3-5-16/h1-7,10,13-15,17,25,27H,8-9,11-12H2,(H2,24,28). The Morgan fingerprint density at radius 1 is 1.07 bits per heavy atom. The van der Waals surface area contributed by atoms with Crippen LogP contribution >= 0.6 is 0 Å². The maximum absolute atomic E-state index is 12.0. The Labute approximate surface area is 164 Å². The van der Waals surface area contributed by atoms with E-state index in [4.69, 9.17) is 5.73 Å². The van der Waals surface area contributed by atoms with E-state index in [1.165, 1.54) is 0 Å². The zero-order valence-corrected chi connectivity index (χ0v) is 15.7. The van der Waals surface area contributed by atoms with Crippen LogP contribution in [-0.4, -0.2) is 29.0 Å². The second-order valence-corrected chi connectivity index (χ2v) is 7.11. The summed E-state index contributed by atoms with van der Waals surface area (Å²) in [5.41, 5.74) is 11.1. The summed E-state index contributed by atoms with van der Waals surface area (Å²) in [5.74, 6) is -0.0499. The molecule has 4 N–H and O–H groups in total. The molecule has 1 aromatic carbocycles. The van der Waals surface area contributed by atoms with Crippen LogP contribution in [0.3, 0.4) is 0 Å². The molecular weight excluding hydrogens is 348 g/mol. The van der Waals surface area contributed by atoms with Crippen LogP contribution in [0.2, 0.25) is 0 Å². The molecule has 0 bridgehead atoms. The summed E-state index contributed by atoms with van der Waals surface area (Å²) in [6.07, 6.45) is 7.82. The number of nitrogens with zero attached hydrogens (tertiary/aromatic N) is 1. The molecule has 3 aromatic rings. The van der Waals surface area contributed by atoms with Crippen molar-refractivity contribution in [1.29, 1.82) is 0 Å². The van der Waals surface area contributed by atoms with E-state index in [0.717, 1.165) is 54.1 Å². The summed E-state index contributed by atoms with van der Waals surface area (Å²) in [4.78, 5) is 19.9. The van der Waals surface area contributed by atoms with Crippen molar-refractivity contribution in [3.63, 3.8) is 0 Å². The molecule has 0 saturated carbocycles. The molecular formula is C23H24N4O. The third-order valence-corrected chi connectivity index (χ3v) is 5.20. The van der Waals surface area contributed by atoms with Gasteiger partial charge in [0.1, 0.15) is 0 Å². The fourth-order valence-electron chi connectivity index (χ4n) is 3.72. The summed E-state index contributed by atoms with van der Waals surface area (Å²) in [7, 11) is 0. The molecule has 0 unspecified atom stereocenters. The lowest BCUT2D eigenvalue weighted by Gasteiger charge is -2.22. The van der Waals surface area contributed by atoms with Gasteiger partial charge in [-0.05, 0) is 55.8 Å². The smallest absolute Gasteiger partial charge is 0.250 e. The number of hydrogen-bond donors (Lipinski definition) is 3. The summed E-state index contributed by atoms with van der Waals surface area (Å²) in [6.45, 7) is 1.92. The Morgan fingerprint density at radius 3 is 2.61 bits per heavy atom. The van der Waals surface area contributed by atoms with Crippen molar-refractivity contribution in [2.75, 3.05) is 13.1 Å². The number of pyridine rings is 1. The van der Waals surface area contributed by atoms with E-state index >= 15 is 0 Å². The number of aromatic amines is 1. The van der Waals surface area contributed by atoms with Crippen molar-refractivity contribution in [2.45, 2.75) is 18.8 Å². The number of primary amides is 1. The highest BCUT2D eigenvalue weighted by atomic mass is 16.1. The molecule has 0 spiro atoms. The van der Waals surface area contributed by atoms with E-state index in [1.807, 2.05) is 48.6 Å². The Hall–Kier alpha value is -3.18. The van der Waals surface area contributed by atoms with Crippen molar-refractivity contribution < 1.29 is 4.79 Å². The molecule has 1 amide bonds. The number of rotatable bonds is 5. The van der Waals surface area contributed by atoms with Crippen molar-refractivity contribution in [2.24, 2.45) is 5.73 Å². The highest BCUT2D eigenvalue weighted by Gasteiger charge is 2.23. The fraction of sp³-hybridized carbons (Fsp3) is 0.217. The molecule has 142 valence electrons. The summed E-state index contributed by atoms with van der Waals surface area (Å²) in [5, 5.41) is 3.36. The number of nitrogens with one attached hydrogen (secondary N) is 2. The minimum absolute atomic E-state index is 0.330. The molecule has 1 aliphatic heterocycles. The van der Waals surface area contributed by atoms with Gasteiger partial charge in [0.05, 0.1) is 11.3 Å². The number of aromatic nitrogens is 2. The van der Waals surface area contributed by atoms with Crippen molar-refractivity contribution in [3.05, 3.63) is 77.2 Å². The van der Waals surface area contributed by atoms with Gasteiger partial charge >= 0.3 is 0 Å². The van der Waals surface area contributed by atoms with Crippen LogP contribution in [0.15, 0.2) is 54.7 Å².